The number of nitrogens with one attached hydrogen (secondary N) is 1. The van der Waals surface area contributed by atoms with E-state index in [2.05, 4.69) is 10.4 Å². The Balaban J connectivity index is 2.10. The van der Waals surface area contributed by atoms with Crippen LogP contribution in [0.1, 0.15) is 36.0 Å². The topological polar surface area (TPSA) is 76.4 Å². The summed E-state index contributed by atoms with van der Waals surface area (Å²) in [6, 6.07) is 6.48. The standard InChI is InChI=1S/C22H19ClF5N3O3/c1-10(32)18-9-17(30-31(18)3)12-8-19(34-11(2)22(26,27)28)13(7-16(12)25)21(33)29-20-14(23)5-4-6-15(20)24/h4-11,32H,1-3H3,(H,29,33)/t10-,11?/m1/s1. The van der Waals surface area contributed by atoms with Crippen LogP contribution in [-0.4, -0.2) is 33.1 Å². The van der Waals surface area contributed by atoms with E-state index in [1.807, 2.05) is 0 Å². The lowest BCUT2D eigenvalue weighted by Crippen LogP contribution is -2.32. The molecule has 0 fully saturated rings. The van der Waals surface area contributed by atoms with Crippen LogP contribution in [0.3, 0.4) is 0 Å². The molecular weight excluding hydrogens is 485 g/mol. The zero-order chi connectivity index (χ0) is 25.4. The van der Waals surface area contributed by atoms with Gasteiger partial charge in [0.2, 0.25) is 0 Å². The highest BCUT2D eigenvalue weighted by Gasteiger charge is 2.39. The Labute approximate surface area is 195 Å². The summed E-state index contributed by atoms with van der Waals surface area (Å²) in [5.41, 5.74) is -1.02. The van der Waals surface area contributed by atoms with Crippen molar-refractivity contribution in [1.82, 2.24) is 9.78 Å². The second kappa shape index (κ2) is 9.59. The molecule has 0 aliphatic rings. The van der Waals surface area contributed by atoms with Crippen LogP contribution < -0.4 is 10.1 Å². The van der Waals surface area contributed by atoms with Gasteiger partial charge in [-0.2, -0.15) is 18.3 Å². The van der Waals surface area contributed by atoms with Gasteiger partial charge < -0.3 is 15.2 Å². The van der Waals surface area contributed by atoms with Crippen LogP contribution in [-0.2, 0) is 7.05 Å². The lowest BCUT2D eigenvalue weighted by atomic mass is 10.0. The number of para-hydroxylation sites is 1. The van der Waals surface area contributed by atoms with Crippen LogP contribution in [0.15, 0.2) is 36.4 Å². The number of rotatable bonds is 6. The molecule has 2 N–H and O–H groups in total. The molecule has 0 radical (unpaired) electrons. The summed E-state index contributed by atoms with van der Waals surface area (Å²) in [6.45, 7) is 2.17. The Morgan fingerprint density at radius 2 is 1.85 bits per heavy atom. The predicted octanol–water partition coefficient (Wildman–Crippen LogP) is 5.65. The molecule has 0 aliphatic heterocycles. The van der Waals surface area contributed by atoms with E-state index < -0.39 is 52.9 Å². The number of hydrogen-bond acceptors (Lipinski definition) is 4. The Bertz CT molecular complexity index is 1210. The molecule has 12 heteroatoms. The molecule has 0 bridgehead atoms. The van der Waals surface area contributed by atoms with E-state index in [4.69, 9.17) is 16.3 Å². The number of halogens is 6. The van der Waals surface area contributed by atoms with Crippen LogP contribution in [0, 0.1) is 11.6 Å². The van der Waals surface area contributed by atoms with Crippen molar-refractivity contribution in [2.45, 2.75) is 32.2 Å². The molecule has 2 aromatic carbocycles. The third kappa shape index (κ3) is 5.31. The molecule has 3 rings (SSSR count). The number of carbonyl (C=O) groups is 1. The summed E-state index contributed by atoms with van der Waals surface area (Å²) in [4.78, 5) is 12.8. The number of amides is 1. The molecule has 2 atom stereocenters. The van der Waals surface area contributed by atoms with E-state index in [0.29, 0.717) is 18.7 Å². The fourth-order valence-electron chi connectivity index (χ4n) is 3.08. The van der Waals surface area contributed by atoms with Gasteiger partial charge in [0.25, 0.3) is 5.91 Å². The lowest BCUT2D eigenvalue weighted by molar-refractivity contribution is -0.189. The van der Waals surface area contributed by atoms with Gasteiger partial charge in [-0.3, -0.25) is 9.48 Å². The molecule has 0 aliphatic carbocycles. The van der Waals surface area contributed by atoms with Gasteiger partial charge in [-0.1, -0.05) is 17.7 Å². The number of aliphatic hydroxyl groups is 1. The largest absolute Gasteiger partial charge is 0.480 e. The predicted molar refractivity (Wildman–Crippen MR) is 115 cm³/mol. The van der Waals surface area contributed by atoms with E-state index in [0.717, 1.165) is 12.1 Å². The Morgan fingerprint density at radius 3 is 2.41 bits per heavy atom. The quantitative estimate of drug-likeness (QED) is 0.426. The second-order valence-electron chi connectivity index (χ2n) is 7.43. The van der Waals surface area contributed by atoms with Gasteiger partial charge in [-0.05, 0) is 44.2 Å². The zero-order valence-electron chi connectivity index (χ0n) is 18.0. The minimum atomic E-state index is -4.79. The minimum absolute atomic E-state index is 0.00971. The van der Waals surface area contributed by atoms with Gasteiger partial charge >= 0.3 is 6.18 Å². The number of aliphatic hydroxyl groups excluding tert-OH is 1. The van der Waals surface area contributed by atoms with E-state index in [-0.39, 0.29) is 16.3 Å². The van der Waals surface area contributed by atoms with Crippen LogP contribution >= 0.6 is 11.6 Å². The molecule has 0 saturated heterocycles. The van der Waals surface area contributed by atoms with Crippen molar-refractivity contribution in [1.29, 1.82) is 0 Å². The molecular formula is C22H19ClF5N3O3. The van der Waals surface area contributed by atoms with Crippen LogP contribution in [0.4, 0.5) is 27.6 Å². The highest BCUT2D eigenvalue weighted by atomic mass is 35.5. The zero-order valence-corrected chi connectivity index (χ0v) is 18.8. The second-order valence-corrected chi connectivity index (χ2v) is 7.84. The summed E-state index contributed by atoms with van der Waals surface area (Å²) in [7, 11) is 1.49. The molecule has 6 nitrogen and oxygen atoms in total. The lowest BCUT2D eigenvalue weighted by Gasteiger charge is -2.20. The number of ether oxygens (including phenoxy) is 1. The van der Waals surface area contributed by atoms with E-state index in [1.54, 1.807) is 0 Å². The molecule has 182 valence electrons. The first-order valence-electron chi connectivity index (χ1n) is 9.84. The van der Waals surface area contributed by atoms with Gasteiger partial charge in [0.05, 0.1) is 33.8 Å². The van der Waals surface area contributed by atoms with Crippen LogP contribution in [0.25, 0.3) is 11.3 Å². The number of carbonyl (C=O) groups excluding carboxylic acids is 1. The fourth-order valence-corrected chi connectivity index (χ4v) is 3.29. The van der Waals surface area contributed by atoms with E-state index in [1.165, 1.54) is 36.9 Å². The van der Waals surface area contributed by atoms with Gasteiger partial charge in [-0.15, -0.1) is 0 Å². The molecule has 1 amide bonds. The van der Waals surface area contributed by atoms with Gasteiger partial charge in [0.1, 0.15) is 17.4 Å². The number of alkyl halides is 3. The first-order chi connectivity index (χ1) is 15.8. The van der Waals surface area contributed by atoms with Crippen molar-refractivity contribution in [3.63, 3.8) is 0 Å². The van der Waals surface area contributed by atoms with Crippen LogP contribution in [0.5, 0.6) is 5.75 Å². The summed E-state index contributed by atoms with van der Waals surface area (Å²) in [6.07, 6.45) is -8.10. The summed E-state index contributed by atoms with van der Waals surface area (Å²) < 4.78 is 74.8. The SMILES string of the molecule is CC(Oc1cc(-c2cc([C@@H](C)O)n(C)n2)c(F)cc1C(=O)Nc1c(F)cccc1Cl)C(F)(F)F. The van der Waals surface area contributed by atoms with Gasteiger partial charge in [0, 0.05) is 12.6 Å². The average molecular weight is 504 g/mol. The molecule has 0 spiro atoms. The molecule has 1 unspecified atom stereocenters. The smallest absolute Gasteiger partial charge is 0.425 e. The van der Waals surface area contributed by atoms with Crippen molar-refractivity contribution in [2.24, 2.45) is 7.05 Å². The highest BCUT2D eigenvalue weighted by molar-refractivity contribution is 6.34. The Hall–Kier alpha value is -3.18. The van der Waals surface area contributed by atoms with Crippen molar-refractivity contribution in [3.05, 3.63) is 64.3 Å². The first-order valence-corrected chi connectivity index (χ1v) is 10.2. The molecule has 34 heavy (non-hydrogen) atoms. The number of anilines is 1. The first kappa shape index (κ1) is 25.4. The molecule has 1 heterocycles. The average Bonchev–Trinajstić information content (AvgIpc) is 3.12. The van der Waals surface area contributed by atoms with Crippen molar-refractivity contribution >= 4 is 23.2 Å². The Morgan fingerprint density at radius 1 is 1.18 bits per heavy atom. The van der Waals surface area contributed by atoms with E-state index >= 15 is 4.39 Å². The number of aromatic nitrogens is 2. The number of benzene rings is 2. The maximum atomic E-state index is 15.0. The van der Waals surface area contributed by atoms with Crippen molar-refractivity contribution in [3.8, 4) is 17.0 Å². The van der Waals surface area contributed by atoms with Gasteiger partial charge in [-0.25, -0.2) is 8.78 Å². The third-order valence-corrected chi connectivity index (χ3v) is 5.21. The number of aryl methyl sites for hydroxylation is 1. The van der Waals surface area contributed by atoms with Crippen LogP contribution in [0.2, 0.25) is 5.02 Å². The summed E-state index contributed by atoms with van der Waals surface area (Å²) in [5, 5.41) is 15.8. The monoisotopic (exact) mass is 503 g/mol. The molecule has 0 saturated carbocycles. The van der Waals surface area contributed by atoms with Crippen molar-refractivity contribution < 1.29 is 36.6 Å². The maximum Gasteiger partial charge on any atom is 0.425 e. The number of nitrogens with zero attached hydrogens (tertiary/aromatic N) is 2. The molecule has 1 aromatic heterocycles. The third-order valence-electron chi connectivity index (χ3n) is 4.90. The Kier molecular flexibility index (Phi) is 7.18. The normalized spacial score (nSPS) is 13.5. The van der Waals surface area contributed by atoms with Gasteiger partial charge in [0.15, 0.2) is 6.10 Å². The number of hydrogen-bond donors (Lipinski definition) is 2. The highest BCUT2D eigenvalue weighted by Crippen LogP contribution is 2.35. The van der Waals surface area contributed by atoms with Crippen molar-refractivity contribution in [2.75, 3.05) is 5.32 Å². The maximum absolute atomic E-state index is 15.0. The minimum Gasteiger partial charge on any atom is -0.480 e. The summed E-state index contributed by atoms with van der Waals surface area (Å²) in [5.74, 6) is -3.67. The fraction of sp³-hybridized carbons (Fsp3) is 0.273. The summed E-state index contributed by atoms with van der Waals surface area (Å²) >= 11 is 5.88. The van der Waals surface area contributed by atoms with E-state index in [9.17, 15) is 27.5 Å². The molecule has 3 aromatic rings.